The molecule has 0 radical (unpaired) electrons. The van der Waals surface area contributed by atoms with Gasteiger partial charge in [-0.3, -0.25) is 9.59 Å². The summed E-state index contributed by atoms with van der Waals surface area (Å²) in [7, 11) is 0. The number of rotatable bonds is 3. The van der Waals surface area contributed by atoms with Crippen LogP contribution in [0.3, 0.4) is 0 Å². The van der Waals surface area contributed by atoms with E-state index in [0.717, 1.165) is 33.5 Å². The Balaban J connectivity index is 1.50. The molecular weight excluding hydrogens is 364 g/mol. The zero-order chi connectivity index (χ0) is 18.4. The first-order valence-electron chi connectivity index (χ1n) is 8.39. The standard InChI is InChI=1S/C20H14N2O4S/c23-19-15(21-20(24)27-19)9-13-2-1-3-16-14(13)6-7-22(16)10-12-4-5-17-18(8-12)26-11-25-17/h1-9H,10-11H2,(H,21,24). The van der Waals surface area contributed by atoms with Crippen molar-refractivity contribution >= 4 is 39.1 Å². The van der Waals surface area contributed by atoms with E-state index >= 15 is 0 Å². The number of thioether (sulfide) groups is 1. The fourth-order valence-electron chi connectivity index (χ4n) is 3.32. The normalized spacial score (nSPS) is 17.1. The molecule has 27 heavy (non-hydrogen) atoms. The van der Waals surface area contributed by atoms with Crippen LogP contribution in [-0.2, 0) is 11.3 Å². The molecule has 1 aromatic heterocycles. The number of carbonyl (C=O) groups excluding carboxylic acids is 2. The minimum Gasteiger partial charge on any atom is -0.454 e. The molecule has 1 saturated heterocycles. The van der Waals surface area contributed by atoms with Gasteiger partial charge in [-0.2, -0.15) is 0 Å². The third-order valence-corrected chi connectivity index (χ3v) is 5.27. The van der Waals surface area contributed by atoms with Gasteiger partial charge < -0.3 is 19.4 Å². The van der Waals surface area contributed by atoms with Gasteiger partial charge >= 0.3 is 0 Å². The first-order valence-corrected chi connectivity index (χ1v) is 9.20. The van der Waals surface area contributed by atoms with E-state index in [1.54, 1.807) is 6.08 Å². The Morgan fingerprint density at radius 2 is 2.00 bits per heavy atom. The van der Waals surface area contributed by atoms with Crippen molar-refractivity contribution in [1.82, 2.24) is 9.88 Å². The summed E-state index contributed by atoms with van der Waals surface area (Å²) in [5.74, 6) is 1.54. The van der Waals surface area contributed by atoms with E-state index in [1.807, 2.05) is 48.7 Å². The maximum Gasteiger partial charge on any atom is 0.291 e. The van der Waals surface area contributed by atoms with Gasteiger partial charge in [-0.15, -0.1) is 0 Å². The van der Waals surface area contributed by atoms with Crippen molar-refractivity contribution in [2.75, 3.05) is 6.79 Å². The summed E-state index contributed by atoms with van der Waals surface area (Å²) in [6, 6.07) is 13.9. The Hall–Kier alpha value is -3.19. The Morgan fingerprint density at radius 3 is 2.85 bits per heavy atom. The highest BCUT2D eigenvalue weighted by atomic mass is 32.2. The molecule has 0 saturated carbocycles. The van der Waals surface area contributed by atoms with Crippen molar-refractivity contribution in [3.05, 3.63) is 65.5 Å². The van der Waals surface area contributed by atoms with Crippen molar-refractivity contribution in [2.24, 2.45) is 0 Å². The summed E-state index contributed by atoms with van der Waals surface area (Å²) in [5.41, 5.74) is 3.37. The van der Waals surface area contributed by atoms with Crippen LogP contribution in [0, 0.1) is 0 Å². The monoisotopic (exact) mass is 378 g/mol. The average Bonchev–Trinajstić information content (AvgIpc) is 3.35. The minimum absolute atomic E-state index is 0.253. The van der Waals surface area contributed by atoms with E-state index in [2.05, 4.69) is 9.88 Å². The van der Waals surface area contributed by atoms with E-state index in [0.29, 0.717) is 24.0 Å². The van der Waals surface area contributed by atoms with Gasteiger partial charge in [0.2, 0.25) is 11.9 Å². The highest BCUT2D eigenvalue weighted by molar-refractivity contribution is 8.27. The molecule has 5 rings (SSSR count). The predicted molar refractivity (Wildman–Crippen MR) is 103 cm³/mol. The molecule has 0 bridgehead atoms. The fraction of sp³-hybridized carbons (Fsp3) is 0.100. The second-order valence-electron chi connectivity index (χ2n) is 6.27. The quantitative estimate of drug-likeness (QED) is 0.703. The van der Waals surface area contributed by atoms with E-state index in [-0.39, 0.29) is 17.1 Å². The van der Waals surface area contributed by atoms with Crippen molar-refractivity contribution in [1.29, 1.82) is 0 Å². The van der Waals surface area contributed by atoms with Crippen LogP contribution in [0.5, 0.6) is 11.5 Å². The van der Waals surface area contributed by atoms with Crippen LogP contribution >= 0.6 is 11.8 Å². The number of amides is 1. The zero-order valence-electron chi connectivity index (χ0n) is 14.1. The average molecular weight is 378 g/mol. The molecule has 7 heteroatoms. The van der Waals surface area contributed by atoms with Crippen molar-refractivity contribution in [3.63, 3.8) is 0 Å². The molecule has 2 aliphatic rings. The van der Waals surface area contributed by atoms with E-state index in [1.165, 1.54) is 0 Å². The summed E-state index contributed by atoms with van der Waals surface area (Å²) in [4.78, 5) is 23.2. The molecule has 0 aliphatic carbocycles. The highest BCUT2D eigenvalue weighted by Crippen LogP contribution is 2.33. The van der Waals surface area contributed by atoms with Crippen LogP contribution in [0.2, 0.25) is 0 Å². The molecule has 134 valence electrons. The summed E-state index contributed by atoms with van der Waals surface area (Å²) in [6.45, 7) is 0.947. The summed E-state index contributed by atoms with van der Waals surface area (Å²) in [6.07, 6.45) is 3.74. The SMILES string of the molecule is O=C1NC(=Cc2cccc3c2ccn3Cc2ccc3c(c2)OCO3)C(=O)S1. The van der Waals surface area contributed by atoms with Gasteiger partial charge in [-0.1, -0.05) is 18.2 Å². The van der Waals surface area contributed by atoms with Gasteiger partial charge in [0.25, 0.3) is 5.24 Å². The molecule has 0 spiro atoms. The minimum atomic E-state index is -0.334. The number of nitrogens with zero attached hydrogens (tertiary/aromatic N) is 1. The second kappa shape index (κ2) is 6.21. The summed E-state index contributed by atoms with van der Waals surface area (Å²) < 4.78 is 12.9. The van der Waals surface area contributed by atoms with Crippen LogP contribution in [0.15, 0.2) is 54.4 Å². The van der Waals surface area contributed by atoms with Gasteiger partial charge in [-0.25, -0.2) is 0 Å². The number of nitrogens with one attached hydrogen (secondary N) is 1. The Bertz CT molecular complexity index is 1130. The van der Waals surface area contributed by atoms with Gasteiger partial charge in [0.15, 0.2) is 11.5 Å². The first-order chi connectivity index (χ1) is 13.2. The highest BCUT2D eigenvalue weighted by Gasteiger charge is 2.25. The lowest BCUT2D eigenvalue weighted by molar-refractivity contribution is -0.107. The smallest absolute Gasteiger partial charge is 0.291 e. The predicted octanol–water partition coefficient (Wildman–Crippen LogP) is 3.74. The lowest BCUT2D eigenvalue weighted by Gasteiger charge is -2.07. The van der Waals surface area contributed by atoms with E-state index in [4.69, 9.17) is 9.47 Å². The van der Waals surface area contributed by atoms with Gasteiger partial charge in [0.1, 0.15) is 0 Å². The molecule has 0 atom stereocenters. The molecule has 0 unspecified atom stereocenters. The molecule has 3 aromatic rings. The third kappa shape index (κ3) is 2.86. The molecule has 2 aromatic carbocycles. The maximum atomic E-state index is 11.8. The Labute approximate surface area is 158 Å². The number of hydrogen-bond donors (Lipinski definition) is 1. The van der Waals surface area contributed by atoms with Crippen LogP contribution in [0.25, 0.3) is 17.0 Å². The number of hydrogen-bond acceptors (Lipinski definition) is 5. The first kappa shape index (κ1) is 16.0. The lowest BCUT2D eigenvalue weighted by atomic mass is 10.1. The molecule has 1 amide bonds. The van der Waals surface area contributed by atoms with E-state index in [9.17, 15) is 9.59 Å². The van der Waals surface area contributed by atoms with Crippen molar-refractivity contribution in [2.45, 2.75) is 6.54 Å². The zero-order valence-corrected chi connectivity index (χ0v) is 14.9. The lowest BCUT2D eigenvalue weighted by Crippen LogP contribution is -2.10. The number of ether oxygens (including phenoxy) is 2. The van der Waals surface area contributed by atoms with Gasteiger partial charge in [0, 0.05) is 35.4 Å². The summed E-state index contributed by atoms with van der Waals surface area (Å²) >= 11 is 0.685. The fourth-order valence-corrected chi connectivity index (χ4v) is 3.87. The number of carbonyl (C=O) groups is 2. The number of benzene rings is 2. The Kier molecular flexibility index (Phi) is 3.68. The third-order valence-electron chi connectivity index (χ3n) is 4.58. The molecule has 3 heterocycles. The molecule has 1 fully saturated rings. The number of aromatic nitrogens is 1. The van der Waals surface area contributed by atoms with Gasteiger partial charge in [0.05, 0.1) is 5.70 Å². The molecule has 1 N–H and O–H groups in total. The topological polar surface area (TPSA) is 69.6 Å². The molecule has 2 aliphatic heterocycles. The molecule has 6 nitrogen and oxygen atoms in total. The van der Waals surface area contributed by atoms with Crippen molar-refractivity contribution in [3.8, 4) is 11.5 Å². The molecular formula is C20H14N2O4S. The second-order valence-corrected chi connectivity index (χ2v) is 7.22. The van der Waals surface area contributed by atoms with Gasteiger partial charge in [-0.05, 0) is 41.5 Å². The summed E-state index contributed by atoms with van der Waals surface area (Å²) in [5, 5.41) is 3.02. The van der Waals surface area contributed by atoms with Crippen LogP contribution in [0.4, 0.5) is 4.79 Å². The van der Waals surface area contributed by atoms with Crippen LogP contribution in [0.1, 0.15) is 11.1 Å². The number of fused-ring (bicyclic) bond motifs is 2. The van der Waals surface area contributed by atoms with Crippen LogP contribution < -0.4 is 14.8 Å². The van der Waals surface area contributed by atoms with Crippen LogP contribution in [-0.4, -0.2) is 21.7 Å². The van der Waals surface area contributed by atoms with Crippen molar-refractivity contribution < 1.29 is 19.1 Å². The largest absolute Gasteiger partial charge is 0.454 e. The Morgan fingerprint density at radius 1 is 1.11 bits per heavy atom. The van der Waals surface area contributed by atoms with E-state index < -0.39 is 0 Å². The maximum absolute atomic E-state index is 11.8.